The quantitative estimate of drug-likeness (QED) is 0.456. The third-order valence-corrected chi connectivity index (χ3v) is 2.87. The molecule has 0 spiro atoms. The number of nitrogens with one attached hydrogen (secondary N) is 1. The van der Waals surface area contributed by atoms with Gasteiger partial charge in [-0.3, -0.25) is 14.0 Å². The number of hydrazone groups is 1. The Balaban J connectivity index is 2.20. The topological polar surface area (TPSA) is 102 Å². The molecule has 2 heterocycles. The van der Waals surface area contributed by atoms with Crippen molar-refractivity contribution in [3.63, 3.8) is 0 Å². The lowest BCUT2D eigenvalue weighted by molar-refractivity contribution is -0.137. The zero-order valence-electron chi connectivity index (χ0n) is 8.25. The van der Waals surface area contributed by atoms with Crippen LogP contribution in [0.1, 0.15) is 5.69 Å². The number of hydrogen-bond donors (Lipinski definition) is 2. The minimum Gasteiger partial charge on any atom is -0.361 e. The van der Waals surface area contributed by atoms with Crippen LogP contribution in [-0.2, 0) is 9.59 Å². The molecule has 2 aromatic rings. The first-order valence-corrected chi connectivity index (χ1v) is 5.59. The Morgan fingerprint density at radius 2 is 2.41 bits per heavy atom. The van der Waals surface area contributed by atoms with E-state index in [9.17, 15) is 9.59 Å². The molecule has 0 fully saturated rings. The number of carbonyl (C=O) groups is 2. The van der Waals surface area contributed by atoms with Crippen molar-refractivity contribution < 1.29 is 9.59 Å². The highest BCUT2D eigenvalue weighted by molar-refractivity contribution is 7.15. The molecule has 0 aliphatic carbocycles. The van der Waals surface area contributed by atoms with Gasteiger partial charge in [-0.15, -0.1) is 11.3 Å². The highest BCUT2D eigenvalue weighted by Gasteiger charge is 2.10. The molecular weight excluding hydrogens is 266 g/mol. The van der Waals surface area contributed by atoms with Crippen LogP contribution in [0, 0.1) is 0 Å². The van der Waals surface area contributed by atoms with Crippen molar-refractivity contribution >= 4 is 45.9 Å². The maximum atomic E-state index is 10.8. The Labute approximate surface area is 104 Å². The van der Waals surface area contributed by atoms with E-state index >= 15 is 0 Å². The number of carbonyl (C=O) groups excluding carboxylic acids is 2. The molecular formula is C8H6ClN5O2S. The Bertz CT molecular complexity index is 616. The van der Waals surface area contributed by atoms with Crippen LogP contribution < -0.4 is 11.2 Å². The normalized spacial score (nSPS) is 11.1. The van der Waals surface area contributed by atoms with Crippen molar-refractivity contribution in [2.24, 2.45) is 10.8 Å². The average molecular weight is 272 g/mol. The molecule has 3 N–H and O–H groups in total. The van der Waals surface area contributed by atoms with E-state index in [1.807, 2.05) is 10.8 Å². The summed E-state index contributed by atoms with van der Waals surface area (Å²) in [7, 11) is 0. The van der Waals surface area contributed by atoms with Gasteiger partial charge in [-0.2, -0.15) is 5.10 Å². The van der Waals surface area contributed by atoms with Crippen LogP contribution in [0.3, 0.4) is 0 Å². The van der Waals surface area contributed by atoms with Crippen LogP contribution in [-0.4, -0.2) is 27.4 Å². The van der Waals surface area contributed by atoms with Crippen molar-refractivity contribution in [1.29, 1.82) is 0 Å². The second kappa shape index (κ2) is 4.52. The van der Waals surface area contributed by atoms with Crippen molar-refractivity contribution in [2.45, 2.75) is 0 Å². The summed E-state index contributed by atoms with van der Waals surface area (Å²) in [5.74, 6) is -2.11. The zero-order chi connectivity index (χ0) is 12.4. The van der Waals surface area contributed by atoms with Gasteiger partial charge in [-0.1, -0.05) is 11.6 Å². The molecule has 0 unspecified atom stereocenters. The van der Waals surface area contributed by atoms with Crippen LogP contribution >= 0.6 is 22.9 Å². The third-order valence-electron chi connectivity index (χ3n) is 1.83. The zero-order valence-corrected chi connectivity index (χ0v) is 9.83. The van der Waals surface area contributed by atoms with Gasteiger partial charge in [0, 0.05) is 11.6 Å². The molecule has 17 heavy (non-hydrogen) atoms. The molecule has 2 aromatic heterocycles. The van der Waals surface area contributed by atoms with E-state index in [1.165, 1.54) is 17.6 Å². The van der Waals surface area contributed by atoms with Gasteiger partial charge >= 0.3 is 11.8 Å². The molecule has 0 saturated heterocycles. The first kappa shape index (κ1) is 11.6. The van der Waals surface area contributed by atoms with Gasteiger partial charge in [0.1, 0.15) is 5.69 Å². The number of amides is 2. The van der Waals surface area contributed by atoms with Crippen LogP contribution in [0.25, 0.3) is 4.96 Å². The summed E-state index contributed by atoms with van der Waals surface area (Å²) in [6.45, 7) is 0. The summed E-state index contributed by atoms with van der Waals surface area (Å²) < 4.78 is 1.70. The molecule has 2 amide bonds. The van der Waals surface area contributed by atoms with E-state index in [-0.39, 0.29) is 5.15 Å². The highest BCUT2D eigenvalue weighted by atomic mass is 35.5. The lowest BCUT2D eigenvalue weighted by Gasteiger charge is -1.93. The van der Waals surface area contributed by atoms with E-state index in [1.54, 1.807) is 10.6 Å². The number of hydrogen-bond acceptors (Lipinski definition) is 5. The molecule has 0 saturated carbocycles. The molecule has 0 aliphatic rings. The Morgan fingerprint density at radius 1 is 1.65 bits per heavy atom. The lowest BCUT2D eigenvalue weighted by Crippen LogP contribution is -2.32. The van der Waals surface area contributed by atoms with Gasteiger partial charge in [-0.05, 0) is 0 Å². The molecule has 0 radical (unpaired) electrons. The number of thiazole rings is 1. The Hall–Kier alpha value is -1.93. The average Bonchev–Trinajstić information content (AvgIpc) is 2.80. The summed E-state index contributed by atoms with van der Waals surface area (Å²) in [6.07, 6.45) is 3.05. The minimum absolute atomic E-state index is 0.258. The fourth-order valence-corrected chi connectivity index (χ4v) is 2.09. The number of aromatic nitrogens is 2. The first-order valence-electron chi connectivity index (χ1n) is 4.33. The number of nitrogens with two attached hydrogens (primary N) is 1. The van der Waals surface area contributed by atoms with E-state index < -0.39 is 11.8 Å². The molecule has 88 valence electrons. The van der Waals surface area contributed by atoms with Gasteiger partial charge in [0.05, 0.1) is 6.21 Å². The van der Waals surface area contributed by atoms with Gasteiger partial charge < -0.3 is 5.73 Å². The standard InChI is InChI=1S/C8H6ClN5O2S/c9-5-4(3-11-13-7(16)6(10)15)14-1-2-17-8(14)12-5/h1-3H,(H2,10,15)(H,13,16)/b11-3-. The summed E-state index contributed by atoms with van der Waals surface area (Å²) in [4.78, 5) is 26.0. The van der Waals surface area contributed by atoms with E-state index in [2.05, 4.69) is 10.1 Å². The summed E-state index contributed by atoms with van der Waals surface area (Å²) >= 11 is 7.28. The van der Waals surface area contributed by atoms with Gasteiger partial charge in [0.25, 0.3) is 0 Å². The van der Waals surface area contributed by atoms with Gasteiger partial charge in [0.2, 0.25) is 0 Å². The van der Waals surface area contributed by atoms with Crippen molar-refractivity contribution in [2.75, 3.05) is 0 Å². The maximum Gasteiger partial charge on any atom is 0.329 e. The fraction of sp³-hybridized carbons (Fsp3) is 0. The number of halogens is 1. The number of nitrogens with zero attached hydrogens (tertiary/aromatic N) is 3. The molecule has 7 nitrogen and oxygen atoms in total. The Morgan fingerprint density at radius 3 is 3.12 bits per heavy atom. The predicted octanol–water partition coefficient (Wildman–Crippen LogP) is -0.0154. The van der Waals surface area contributed by atoms with E-state index in [4.69, 9.17) is 17.3 Å². The first-order chi connectivity index (χ1) is 8.09. The highest BCUT2D eigenvalue weighted by Crippen LogP contribution is 2.19. The van der Waals surface area contributed by atoms with Gasteiger partial charge in [-0.25, -0.2) is 10.4 Å². The summed E-state index contributed by atoms with van der Waals surface area (Å²) in [5, 5.41) is 5.65. The number of primary amides is 1. The molecule has 2 rings (SSSR count). The lowest BCUT2D eigenvalue weighted by atomic mass is 10.5. The Kier molecular flexibility index (Phi) is 3.07. The molecule has 0 atom stereocenters. The van der Waals surface area contributed by atoms with Crippen molar-refractivity contribution in [1.82, 2.24) is 14.8 Å². The molecule has 0 bridgehead atoms. The number of imidazole rings is 1. The van der Waals surface area contributed by atoms with Crippen LogP contribution in [0.4, 0.5) is 0 Å². The second-order valence-corrected chi connectivity index (χ2v) is 4.14. The second-order valence-electron chi connectivity index (χ2n) is 2.91. The monoisotopic (exact) mass is 271 g/mol. The van der Waals surface area contributed by atoms with E-state index in [0.717, 1.165) is 0 Å². The van der Waals surface area contributed by atoms with Crippen molar-refractivity contribution in [3.8, 4) is 0 Å². The van der Waals surface area contributed by atoms with Crippen LogP contribution in [0.15, 0.2) is 16.7 Å². The maximum absolute atomic E-state index is 10.8. The van der Waals surface area contributed by atoms with Gasteiger partial charge in [0.15, 0.2) is 10.1 Å². The van der Waals surface area contributed by atoms with E-state index in [0.29, 0.717) is 10.7 Å². The van der Waals surface area contributed by atoms with Crippen LogP contribution in [0.2, 0.25) is 5.15 Å². The summed E-state index contributed by atoms with van der Waals surface area (Å²) in [6, 6.07) is 0. The molecule has 9 heteroatoms. The SMILES string of the molecule is NC(=O)C(=O)N/N=C\c1c(Cl)nc2sccn12. The fourth-order valence-electron chi connectivity index (χ4n) is 1.10. The smallest absolute Gasteiger partial charge is 0.329 e. The van der Waals surface area contributed by atoms with Crippen LogP contribution in [0.5, 0.6) is 0 Å². The van der Waals surface area contributed by atoms with Crippen molar-refractivity contribution in [3.05, 3.63) is 22.4 Å². The molecule has 0 aromatic carbocycles. The predicted molar refractivity (Wildman–Crippen MR) is 63.0 cm³/mol. The number of rotatable bonds is 2. The summed E-state index contributed by atoms with van der Waals surface area (Å²) in [5.41, 5.74) is 7.20. The number of fused-ring (bicyclic) bond motifs is 1. The third kappa shape index (κ3) is 2.27. The minimum atomic E-state index is -1.11. The largest absolute Gasteiger partial charge is 0.361 e. The molecule has 0 aliphatic heterocycles.